The topological polar surface area (TPSA) is 50.2 Å². The number of hydrogen-bond donors (Lipinski definition) is 1. The molecule has 1 N–H and O–H groups in total. The molecule has 0 amide bonds. The Morgan fingerprint density at radius 3 is 2.59 bits per heavy atom. The second-order valence-electron chi connectivity index (χ2n) is 6.40. The molecular formula is C24H21NO2. The Morgan fingerprint density at radius 1 is 1.07 bits per heavy atom. The van der Waals surface area contributed by atoms with Gasteiger partial charge in [-0.05, 0) is 60.7 Å². The lowest BCUT2D eigenvalue weighted by Gasteiger charge is -2.04. The molecule has 1 heterocycles. The van der Waals surface area contributed by atoms with Gasteiger partial charge in [-0.15, -0.1) is 0 Å². The van der Waals surface area contributed by atoms with Gasteiger partial charge in [-0.25, -0.2) is 0 Å². The number of pyridine rings is 1. The quantitative estimate of drug-likeness (QED) is 0.548. The van der Waals surface area contributed by atoms with E-state index in [0.717, 1.165) is 28.7 Å². The summed E-state index contributed by atoms with van der Waals surface area (Å²) in [6.45, 7) is 1.57. The summed E-state index contributed by atoms with van der Waals surface area (Å²) >= 11 is 0. The SMILES string of the molecule is CC(=O)c1cccc(-c2ccc(C#CC(O)CCc3cccnc3)cc2)c1. The number of carbonyl (C=O) groups is 1. The number of hydrogen-bond acceptors (Lipinski definition) is 3. The van der Waals surface area contributed by atoms with E-state index in [1.54, 1.807) is 19.3 Å². The van der Waals surface area contributed by atoms with E-state index < -0.39 is 6.10 Å². The van der Waals surface area contributed by atoms with Crippen molar-refractivity contribution in [1.82, 2.24) is 4.98 Å². The molecule has 1 atom stereocenters. The van der Waals surface area contributed by atoms with E-state index in [2.05, 4.69) is 16.8 Å². The van der Waals surface area contributed by atoms with Crippen molar-refractivity contribution in [3.8, 4) is 23.0 Å². The maximum absolute atomic E-state index is 11.5. The van der Waals surface area contributed by atoms with E-state index >= 15 is 0 Å². The van der Waals surface area contributed by atoms with Crippen molar-refractivity contribution in [2.24, 2.45) is 0 Å². The first-order chi connectivity index (χ1) is 13.1. The van der Waals surface area contributed by atoms with Crippen LogP contribution < -0.4 is 0 Å². The highest BCUT2D eigenvalue weighted by molar-refractivity contribution is 5.95. The number of rotatable bonds is 5. The average molecular weight is 355 g/mol. The van der Waals surface area contributed by atoms with Crippen LogP contribution in [0.1, 0.15) is 34.8 Å². The van der Waals surface area contributed by atoms with E-state index in [-0.39, 0.29) is 5.78 Å². The van der Waals surface area contributed by atoms with Crippen molar-refractivity contribution in [3.63, 3.8) is 0 Å². The molecule has 0 fully saturated rings. The number of aryl methyl sites for hydroxylation is 1. The highest BCUT2D eigenvalue weighted by Gasteiger charge is 2.03. The number of Topliss-reactive ketones (excluding diaryl/α,β-unsaturated/α-hetero) is 1. The minimum atomic E-state index is -0.669. The first kappa shape index (κ1) is 18.6. The number of aliphatic hydroxyl groups is 1. The zero-order valence-corrected chi connectivity index (χ0v) is 15.2. The molecule has 3 rings (SSSR count). The van der Waals surface area contributed by atoms with E-state index in [1.807, 2.05) is 60.7 Å². The second-order valence-corrected chi connectivity index (χ2v) is 6.40. The fraction of sp³-hybridized carbons (Fsp3) is 0.167. The Hall–Kier alpha value is -3.22. The van der Waals surface area contributed by atoms with Crippen LogP contribution in [0.4, 0.5) is 0 Å². The summed E-state index contributed by atoms with van der Waals surface area (Å²) in [6, 6.07) is 19.3. The van der Waals surface area contributed by atoms with E-state index in [0.29, 0.717) is 12.0 Å². The van der Waals surface area contributed by atoms with Gasteiger partial charge in [-0.2, -0.15) is 0 Å². The van der Waals surface area contributed by atoms with Crippen LogP contribution in [0.3, 0.4) is 0 Å². The molecule has 3 aromatic rings. The Labute approximate surface area is 159 Å². The summed E-state index contributed by atoms with van der Waals surface area (Å²) in [5.74, 6) is 5.97. The van der Waals surface area contributed by atoms with Crippen LogP contribution in [-0.4, -0.2) is 22.0 Å². The predicted octanol–water partition coefficient (Wildman–Crippen LogP) is 4.30. The number of carbonyl (C=O) groups excluding carboxylic acids is 1. The first-order valence-corrected chi connectivity index (χ1v) is 8.92. The second kappa shape index (κ2) is 8.93. The van der Waals surface area contributed by atoms with Gasteiger partial charge in [-0.1, -0.05) is 48.2 Å². The maximum atomic E-state index is 11.5. The molecule has 3 nitrogen and oxygen atoms in total. The predicted molar refractivity (Wildman–Crippen MR) is 107 cm³/mol. The molecule has 0 spiro atoms. The maximum Gasteiger partial charge on any atom is 0.159 e. The van der Waals surface area contributed by atoms with Crippen LogP contribution in [0.25, 0.3) is 11.1 Å². The van der Waals surface area contributed by atoms with Crippen LogP contribution in [0.15, 0.2) is 73.1 Å². The van der Waals surface area contributed by atoms with Crippen LogP contribution in [0, 0.1) is 11.8 Å². The van der Waals surface area contributed by atoms with Gasteiger partial charge in [0.2, 0.25) is 0 Å². The molecule has 0 saturated heterocycles. The minimum absolute atomic E-state index is 0.0552. The normalized spacial score (nSPS) is 11.3. The fourth-order valence-electron chi connectivity index (χ4n) is 2.75. The van der Waals surface area contributed by atoms with Gasteiger partial charge in [0, 0.05) is 23.5 Å². The van der Waals surface area contributed by atoms with Crippen molar-refractivity contribution in [1.29, 1.82) is 0 Å². The first-order valence-electron chi connectivity index (χ1n) is 8.92. The summed E-state index contributed by atoms with van der Waals surface area (Å²) in [5, 5.41) is 10.1. The van der Waals surface area contributed by atoms with Gasteiger partial charge in [0.15, 0.2) is 5.78 Å². The summed E-state index contributed by atoms with van der Waals surface area (Å²) in [6.07, 6.45) is 4.20. The summed E-state index contributed by atoms with van der Waals surface area (Å²) in [7, 11) is 0. The van der Waals surface area contributed by atoms with Gasteiger partial charge in [0.25, 0.3) is 0 Å². The summed E-state index contributed by atoms with van der Waals surface area (Å²) < 4.78 is 0. The van der Waals surface area contributed by atoms with Crippen LogP contribution in [-0.2, 0) is 6.42 Å². The minimum Gasteiger partial charge on any atom is -0.380 e. The molecule has 27 heavy (non-hydrogen) atoms. The van der Waals surface area contributed by atoms with Gasteiger partial charge in [0.05, 0.1) is 0 Å². The molecule has 2 aromatic carbocycles. The highest BCUT2D eigenvalue weighted by atomic mass is 16.3. The smallest absolute Gasteiger partial charge is 0.159 e. The van der Waals surface area contributed by atoms with Gasteiger partial charge in [-0.3, -0.25) is 9.78 Å². The lowest BCUT2D eigenvalue weighted by atomic mass is 10.0. The molecule has 0 aliphatic carbocycles. The standard InChI is InChI=1S/C24H21NO2/c1-18(26)22-5-2-6-23(16-22)21-11-7-19(8-12-21)9-13-24(27)14-10-20-4-3-15-25-17-20/h2-8,11-12,15-17,24,27H,10,14H2,1H3. The fourth-order valence-corrected chi connectivity index (χ4v) is 2.75. The van der Waals surface area contributed by atoms with E-state index in [1.165, 1.54) is 0 Å². The number of ketones is 1. The molecule has 3 heteroatoms. The molecule has 1 unspecified atom stereocenters. The van der Waals surface area contributed by atoms with Crippen molar-refractivity contribution >= 4 is 5.78 Å². The molecule has 0 bridgehead atoms. The number of aliphatic hydroxyl groups excluding tert-OH is 1. The molecule has 134 valence electrons. The monoisotopic (exact) mass is 355 g/mol. The molecular weight excluding hydrogens is 334 g/mol. The number of benzene rings is 2. The lowest BCUT2D eigenvalue weighted by molar-refractivity contribution is 0.101. The summed E-state index contributed by atoms with van der Waals surface area (Å²) in [5.41, 5.74) is 4.67. The van der Waals surface area contributed by atoms with Crippen molar-refractivity contribution in [2.75, 3.05) is 0 Å². The van der Waals surface area contributed by atoms with Crippen molar-refractivity contribution in [2.45, 2.75) is 25.9 Å². The zero-order valence-electron chi connectivity index (χ0n) is 15.2. The Bertz CT molecular complexity index is 967. The number of nitrogens with zero attached hydrogens (tertiary/aromatic N) is 1. The highest BCUT2D eigenvalue weighted by Crippen LogP contribution is 2.21. The third-order valence-corrected chi connectivity index (χ3v) is 4.30. The van der Waals surface area contributed by atoms with Crippen LogP contribution in [0.5, 0.6) is 0 Å². The molecule has 1 aromatic heterocycles. The average Bonchev–Trinajstić information content (AvgIpc) is 2.72. The third-order valence-electron chi connectivity index (χ3n) is 4.30. The van der Waals surface area contributed by atoms with Crippen molar-refractivity contribution in [3.05, 3.63) is 89.7 Å². The van der Waals surface area contributed by atoms with Crippen LogP contribution >= 0.6 is 0 Å². The molecule has 0 saturated carbocycles. The molecule has 0 aliphatic heterocycles. The Kier molecular flexibility index (Phi) is 6.14. The molecule has 0 aliphatic rings. The van der Waals surface area contributed by atoms with E-state index in [9.17, 15) is 9.90 Å². The van der Waals surface area contributed by atoms with Crippen molar-refractivity contribution < 1.29 is 9.90 Å². The summed E-state index contributed by atoms with van der Waals surface area (Å²) in [4.78, 5) is 15.6. The van der Waals surface area contributed by atoms with E-state index in [4.69, 9.17) is 0 Å². The zero-order chi connectivity index (χ0) is 19.1. The Morgan fingerprint density at radius 2 is 1.89 bits per heavy atom. The third kappa shape index (κ3) is 5.37. The Balaban J connectivity index is 1.63. The van der Waals surface area contributed by atoms with Gasteiger partial charge < -0.3 is 5.11 Å². The molecule has 0 radical (unpaired) electrons. The van der Waals surface area contributed by atoms with Crippen LogP contribution in [0.2, 0.25) is 0 Å². The number of aromatic nitrogens is 1. The largest absolute Gasteiger partial charge is 0.380 e. The van der Waals surface area contributed by atoms with Gasteiger partial charge >= 0.3 is 0 Å². The van der Waals surface area contributed by atoms with Gasteiger partial charge in [0.1, 0.15) is 6.10 Å². The lowest BCUT2D eigenvalue weighted by Crippen LogP contribution is -2.04.